The number of benzene rings is 2. The quantitative estimate of drug-likeness (QED) is 0.793. The first kappa shape index (κ1) is 11.5. The molecule has 0 radical (unpaired) electrons. The molecule has 92 valence electrons. The second kappa shape index (κ2) is 4.95. The maximum absolute atomic E-state index is 6.05. The third kappa shape index (κ3) is 2.32. The lowest BCUT2D eigenvalue weighted by atomic mass is 9.89. The van der Waals surface area contributed by atoms with Crippen molar-refractivity contribution in [3.05, 3.63) is 53.6 Å². The average Bonchev–Trinajstić information content (AvgIpc) is 2.39. The van der Waals surface area contributed by atoms with Crippen LogP contribution in [0.25, 0.3) is 16.8 Å². The molecule has 0 bridgehead atoms. The van der Waals surface area contributed by atoms with Gasteiger partial charge in [0.25, 0.3) is 0 Å². The van der Waals surface area contributed by atoms with Crippen LogP contribution in [0, 0.1) is 0 Å². The average molecular weight is 237 g/mol. The van der Waals surface area contributed by atoms with Gasteiger partial charge in [0.1, 0.15) is 0 Å². The Morgan fingerprint density at radius 3 is 2.78 bits per heavy atom. The molecule has 0 heterocycles. The minimum Gasteiger partial charge on any atom is -0.327 e. The van der Waals surface area contributed by atoms with E-state index in [1.807, 2.05) is 0 Å². The highest BCUT2D eigenvalue weighted by atomic mass is 14.6. The van der Waals surface area contributed by atoms with Crippen LogP contribution in [0.4, 0.5) is 0 Å². The normalized spacial score (nSPS) is 22.5. The van der Waals surface area contributed by atoms with E-state index in [4.69, 9.17) is 5.73 Å². The van der Waals surface area contributed by atoms with Crippen molar-refractivity contribution < 1.29 is 0 Å². The molecule has 0 amide bonds. The monoisotopic (exact) mass is 237 g/mol. The zero-order chi connectivity index (χ0) is 12.4. The predicted molar refractivity (Wildman–Crippen MR) is 78.4 cm³/mol. The largest absolute Gasteiger partial charge is 0.327 e. The van der Waals surface area contributed by atoms with Crippen molar-refractivity contribution >= 4 is 16.8 Å². The van der Waals surface area contributed by atoms with E-state index in [1.165, 1.54) is 41.2 Å². The minimum absolute atomic E-state index is 0.361. The standard InChI is InChI=1S/C17H19N/c18-16-9-3-5-13(12-16)11-15-8-4-7-14-6-1-2-10-17(14)15/h1-2,4,6-8,10-11,16H,3,5,9,12,18H2. The van der Waals surface area contributed by atoms with E-state index >= 15 is 0 Å². The number of hydrogen-bond acceptors (Lipinski definition) is 1. The van der Waals surface area contributed by atoms with Crippen molar-refractivity contribution in [3.63, 3.8) is 0 Å². The van der Waals surface area contributed by atoms with Gasteiger partial charge in [0, 0.05) is 6.04 Å². The summed E-state index contributed by atoms with van der Waals surface area (Å²) in [6, 6.07) is 15.4. The molecule has 3 rings (SSSR count). The molecule has 1 atom stereocenters. The topological polar surface area (TPSA) is 26.0 Å². The molecule has 1 unspecified atom stereocenters. The number of hydrogen-bond donors (Lipinski definition) is 1. The summed E-state index contributed by atoms with van der Waals surface area (Å²) in [4.78, 5) is 0. The highest BCUT2D eigenvalue weighted by Crippen LogP contribution is 2.27. The van der Waals surface area contributed by atoms with Gasteiger partial charge in [-0.3, -0.25) is 0 Å². The fraction of sp³-hybridized carbons (Fsp3) is 0.294. The minimum atomic E-state index is 0.361. The van der Waals surface area contributed by atoms with Gasteiger partial charge < -0.3 is 5.73 Å². The zero-order valence-corrected chi connectivity index (χ0v) is 10.6. The summed E-state index contributed by atoms with van der Waals surface area (Å²) in [5.74, 6) is 0. The molecule has 2 aromatic rings. The Morgan fingerprint density at radius 1 is 1.06 bits per heavy atom. The number of fused-ring (bicyclic) bond motifs is 1. The third-order valence-electron chi connectivity index (χ3n) is 3.78. The molecule has 1 aliphatic carbocycles. The molecule has 18 heavy (non-hydrogen) atoms. The smallest absolute Gasteiger partial charge is 0.00763 e. The molecule has 1 aliphatic rings. The van der Waals surface area contributed by atoms with Gasteiger partial charge in [-0.25, -0.2) is 0 Å². The molecule has 2 N–H and O–H groups in total. The van der Waals surface area contributed by atoms with Crippen LogP contribution in [0.3, 0.4) is 0 Å². The van der Waals surface area contributed by atoms with Crippen molar-refractivity contribution in [2.24, 2.45) is 5.73 Å². The zero-order valence-electron chi connectivity index (χ0n) is 10.6. The SMILES string of the molecule is NC1CCCC(=Cc2cccc3ccccc23)C1. The number of rotatable bonds is 1. The summed E-state index contributed by atoms with van der Waals surface area (Å²) >= 11 is 0. The first-order valence-electron chi connectivity index (χ1n) is 6.76. The Hall–Kier alpha value is -1.60. The van der Waals surface area contributed by atoms with Crippen LogP contribution in [-0.2, 0) is 0 Å². The molecule has 0 saturated heterocycles. The summed E-state index contributed by atoms with van der Waals surface area (Å²) < 4.78 is 0. The summed E-state index contributed by atoms with van der Waals surface area (Å²) in [5, 5.41) is 2.65. The molecule has 1 saturated carbocycles. The summed E-state index contributed by atoms with van der Waals surface area (Å²) in [5.41, 5.74) is 8.89. The van der Waals surface area contributed by atoms with Crippen molar-refractivity contribution in [1.82, 2.24) is 0 Å². The number of nitrogens with two attached hydrogens (primary N) is 1. The molecule has 0 spiro atoms. The lowest BCUT2D eigenvalue weighted by molar-refractivity contribution is 0.520. The summed E-state index contributed by atoms with van der Waals surface area (Å²) in [6.07, 6.45) is 7.02. The Labute approximate surface area is 108 Å². The van der Waals surface area contributed by atoms with Crippen LogP contribution in [0.5, 0.6) is 0 Å². The lowest BCUT2D eigenvalue weighted by Crippen LogP contribution is -2.23. The van der Waals surface area contributed by atoms with Crippen LogP contribution in [0.1, 0.15) is 31.2 Å². The van der Waals surface area contributed by atoms with Crippen molar-refractivity contribution in [3.8, 4) is 0 Å². The van der Waals surface area contributed by atoms with E-state index < -0.39 is 0 Å². The van der Waals surface area contributed by atoms with Crippen molar-refractivity contribution in [2.45, 2.75) is 31.7 Å². The highest BCUT2D eigenvalue weighted by molar-refractivity contribution is 5.90. The van der Waals surface area contributed by atoms with E-state index in [9.17, 15) is 0 Å². The second-order valence-electron chi connectivity index (χ2n) is 5.23. The molecule has 0 aliphatic heterocycles. The molecular weight excluding hydrogens is 218 g/mol. The first-order valence-corrected chi connectivity index (χ1v) is 6.76. The molecule has 1 heteroatoms. The predicted octanol–water partition coefficient (Wildman–Crippen LogP) is 4.12. The van der Waals surface area contributed by atoms with E-state index in [-0.39, 0.29) is 0 Å². The van der Waals surface area contributed by atoms with E-state index in [2.05, 4.69) is 48.5 Å². The van der Waals surface area contributed by atoms with E-state index in [1.54, 1.807) is 0 Å². The van der Waals surface area contributed by atoms with Crippen molar-refractivity contribution in [1.29, 1.82) is 0 Å². The van der Waals surface area contributed by atoms with Gasteiger partial charge in [0.05, 0.1) is 0 Å². The molecule has 1 nitrogen and oxygen atoms in total. The van der Waals surface area contributed by atoms with Crippen molar-refractivity contribution in [2.75, 3.05) is 0 Å². The maximum Gasteiger partial charge on any atom is 0.00763 e. The molecular formula is C17H19N. The van der Waals surface area contributed by atoms with Gasteiger partial charge in [-0.2, -0.15) is 0 Å². The van der Waals surface area contributed by atoms with Gasteiger partial charge in [0.2, 0.25) is 0 Å². The Balaban J connectivity index is 2.01. The maximum atomic E-state index is 6.05. The third-order valence-corrected chi connectivity index (χ3v) is 3.78. The van der Waals surface area contributed by atoms with Gasteiger partial charge in [-0.05, 0) is 42.0 Å². The van der Waals surface area contributed by atoms with Gasteiger partial charge in [-0.15, -0.1) is 0 Å². The van der Waals surface area contributed by atoms with Crippen LogP contribution < -0.4 is 5.73 Å². The summed E-state index contributed by atoms with van der Waals surface area (Å²) in [7, 11) is 0. The highest BCUT2D eigenvalue weighted by Gasteiger charge is 2.13. The molecule has 2 aromatic carbocycles. The molecule has 0 aromatic heterocycles. The Kier molecular flexibility index (Phi) is 3.16. The van der Waals surface area contributed by atoms with Gasteiger partial charge >= 0.3 is 0 Å². The van der Waals surface area contributed by atoms with Gasteiger partial charge in [-0.1, -0.05) is 54.1 Å². The fourth-order valence-electron chi connectivity index (χ4n) is 2.86. The van der Waals surface area contributed by atoms with E-state index in [0.717, 1.165) is 6.42 Å². The van der Waals surface area contributed by atoms with Crippen LogP contribution >= 0.6 is 0 Å². The Morgan fingerprint density at radius 2 is 1.89 bits per heavy atom. The lowest BCUT2D eigenvalue weighted by Gasteiger charge is -2.20. The van der Waals surface area contributed by atoms with Crippen LogP contribution in [0.15, 0.2) is 48.0 Å². The summed E-state index contributed by atoms with van der Waals surface area (Å²) in [6.45, 7) is 0. The Bertz CT molecular complexity index is 578. The fourth-order valence-corrected chi connectivity index (χ4v) is 2.86. The van der Waals surface area contributed by atoms with Gasteiger partial charge in [0.15, 0.2) is 0 Å². The molecule has 1 fully saturated rings. The van der Waals surface area contributed by atoms with Crippen LogP contribution in [-0.4, -0.2) is 6.04 Å². The van der Waals surface area contributed by atoms with E-state index in [0.29, 0.717) is 6.04 Å². The second-order valence-corrected chi connectivity index (χ2v) is 5.23. The van der Waals surface area contributed by atoms with Crippen LogP contribution in [0.2, 0.25) is 0 Å². The first-order chi connectivity index (χ1) is 8.83.